The summed E-state index contributed by atoms with van der Waals surface area (Å²) >= 11 is 0. The van der Waals surface area contributed by atoms with Crippen LogP contribution in [-0.4, -0.2) is 31.6 Å². The molecule has 1 rings (SSSR count). The molecule has 0 aromatic rings. The summed E-state index contributed by atoms with van der Waals surface area (Å²) in [4.78, 5) is 0. The van der Waals surface area contributed by atoms with Gasteiger partial charge in [-0.25, -0.2) is 8.42 Å². The largest absolute Gasteiger partial charge is 0.214 e. The summed E-state index contributed by atoms with van der Waals surface area (Å²) < 4.78 is 24.8. The molecule has 3 nitrogen and oxygen atoms in total. The average Bonchev–Trinajstić information content (AvgIpc) is 2.04. The van der Waals surface area contributed by atoms with E-state index in [1.165, 1.54) is 0 Å². The number of nitrogens with zero attached hydrogens (tertiary/aromatic N) is 1. The van der Waals surface area contributed by atoms with Gasteiger partial charge >= 0.3 is 0 Å². The predicted molar refractivity (Wildman–Crippen MR) is 54.0 cm³/mol. The molecule has 0 atom stereocenters. The van der Waals surface area contributed by atoms with Gasteiger partial charge in [-0.3, -0.25) is 0 Å². The molecular weight excluding hydrogens is 186 g/mol. The summed E-state index contributed by atoms with van der Waals surface area (Å²) in [5.41, 5.74) is 1.16. The normalized spacial score (nSPS) is 20.0. The lowest BCUT2D eigenvalue weighted by Crippen LogP contribution is -2.36. The molecule has 0 amide bonds. The molecular formula is C9H17NO2S. The van der Waals surface area contributed by atoms with Crippen LogP contribution in [0.4, 0.5) is 0 Å². The third kappa shape index (κ3) is 2.81. The van der Waals surface area contributed by atoms with E-state index < -0.39 is 10.0 Å². The summed E-state index contributed by atoms with van der Waals surface area (Å²) in [6.07, 6.45) is 3.66. The Labute approximate surface area is 80.5 Å². The van der Waals surface area contributed by atoms with Gasteiger partial charge < -0.3 is 0 Å². The second kappa shape index (κ2) is 4.24. The van der Waals surface area contributed by atoms with Gasteiger partial charge in [0.05, 0.1) is 5.75 Å². The number of sulfonamides is 1. The molecule has 4 heteroatoms. The van der Waals surface area contributed by atoms with Crippen molar-refractivity contribution in [1.82, 2.24) is 4.31 Å². The zero-order valence-electron chi connectivity index (χ0n) is 8.28. The van der Waals surface area contributed by atoms with Crippen LogP contribution in [0.5, 0.6) is 0 Å². The average molecular weight is 203 g/mol. The molecule has 13 heavy (non-hydrogen) atoms. The van der Waals surface area contributed by atoms with Gasteiger partial charge in [0.2, 0.25) is 10.0 Å². The fourth-order valence-electron chi connectivity index (χ4n) is 1.50. The van der Waals surface area contributed by atoms with Crippen molar-refractivity contribution in [2.45, 2.75) is 26.7 Å². The van der Waals surface area contributed by atoms with Crippen molar-refractivity contribution in [1.29, 1.82) is 0 Å². The highest BCUT2D eigenvalue weighted by atomic mass is 32.2. The van der Waals surface area contributed by atoms with Crippen molar-refractivity contribution >= 4 is 10.0 Å². The van der Waals surface area contributed by atoms with E-state index in [2.05, 4.69) is 6.08 Å². The quantitative estimate of drug-likeness (QED) is 0.650. The standard InChI is InChI=1S/C9H17NO2S/c1-3-7-13(11,12)10-6-4-5-9(2)8-10/h5H,3-4,6-8H2,1-2H3. The summed E-state index contributed by atoms with van der Waals surface area (Å²) in [6, 6.07) is 0. The molecule has 0 saturated heterocycles. The molecule has 1 aliphatic heterocycles. The van der Waals surface area contributed by atoms with Crippen LogP contribution in [0.25, 0.3) is 0 Å². The Morgan fingerprint density at radius 3 is 2.77 bits per heavy atom. The Morgan fingerprint density at radius 1 is 1.54 bits per heavy atom. The minimum absolute atomic E-state index is 0.278. The third-order valence-corrected chi connectivity index (χ3v) is 4.18. The first-order valence-corrected chi connectivity index (χ1v) is 6.30. The predicted octanol–water partition coefficient (Wildman–Crippen LogP) is 1.38. The maximum absolute atomic E-state index is 11.6. The monoisotopic (exact) mass is 203 g/mol. The Balaban J connectivity index is 2.68. The number of rotatable bonds is 3. The van der Waals surface area contributed by atoms with Crippen LogP contribution in [0.1, 0.15) is 26.7 Å². The molecule has 0 aromatic carbocycles. The summed E-state index contributed by atoms with van der Waals surface area (Å²) in [5.74, 6) is 0.278. The summed E-state index contributed by atoms with van der Waals surface area (Å²) in [7, 11) is -2.97. The highest BCUT2D eigenvalue weighted by molar-refractivity contribution is 7.89. The molecule has 0 radical (unpaired) electrons. The number of hydrogen-bond donors (Lipinski definition) is 0. The van der Waals surface area contributed by atoms with Crippen molar-refractivity contribution in [2.75, 3.05) is 18.8 Å². The van der Waals surface area contributed by atoms with E-state index in [-0.39, 0.29) is 5.75 Å². The van der Waals surface area contributed by atoms with Crippen molar-refractivity contribution < 1.29 is 8.42 Å². The Bertz CT molecular complexity index is 293. The van der Waals surface area contributed by atoms with E-state index in [9.17, 15) is 8.42 Å². The third-order valence-electron chi connectivity index (χ3n) is 2.15. The van der Waals surface area contributed by atoms with Crippen molar-refractivity contribution in [3.8, 4) is 0 Å². The molecule has 0 unspecified atom stereocenters. The van der Waals surface area contributed by atoms with Gasteiger partial charge in [0.1, 0.15) is 0 Å². The van der Waals surface area contributed by atoms with Gasteiger partial charge in [0.15, 0.2) is 0 Å². The van der Waals surface area contributed by atoms with Gasteiger partial charge in [-0.1, -0.05) is 18.6 Å². The van der Waals surface area contributed by atoms with Crippen LogP contribution >= 0.6 is 0 Å². The molecule has 0 aliphatic carbocycles. The number of hydrogen-bond acceptors (Lipinski definition) is 2. The SMILES string of the molecule is CCCS(=O)(=O)N1CCC=C(C)C1. The zero-order valence-corrected chi connectivity index (χ0v) is 9.10. The lowest BCUT2D eigenvalue weighted by molar-refractivity contribution is 0.427. The van der Waals surface area contributed by atoms with Gasteiger partial charge in [0.25, 0.3) is 0 Å². The van der Waals surface area contributed by atoms with Crippen molar-refractivity contribution in [2.24, 2.45) is 0 Å². The smallest absolute Gasteiger partial charge is 0.212 e. The first-order chi connectivity index (χ1) is 6.06. The van der Waals surface area contributed by atoms with Gasteiger partial charge in [-0.15, -0.1) is 0 Å². The van der Waals surface area contributed by atoms with Crippen molar-refractivity contribution in [3.05, 3.63) is 11.6 Å². The van der Waals surface area contributed by atoms with E-state index in [4.69, 9.17) is 0 Å². The molecule has 1 aliphatic rings. The Hall–Kier alpha value is -0.350. The minimum atomic E-state index is -2.97. The Kier molecular flexibility index (Phi) is 3.50. The van der Waals surface area contributed by atoms with Crippen LogP contribution in [0.2, 0.25) is 0 Å². The van der Waals surface area contributed by atoms with Crippen LogP contribution < -0.4 is 0 Å². The lowest BCUT2D eigenvalue weighted by atomic mass is 10.2. The first-order valence-electron chi connectivity index (χ1n) is 4.69. The minimum Gasteiger partial charge on any atom is -0.212 e. The lowest BCUT2D eigenvalue weighted by Gasteiger charge is -2.25. The van der Waals surface area contributed by atoms with Crippen LogP contribution in [0.3, 0.4) is 0 Å². The highest BCUT2D eigenvalue weighted by Crippen LogP contribution is 2.13. The van der Waals surface area contributed by atoms with Crippen LogP contribution in [0, 0.1) is 0 Å². The van der Waals surface area contributed by atoms with Crippen LogP contribution in [0.15, 0.2) is 11.6 Å². The molecule has 0 bridgehead atoms. The van der Waals surface area contributed by atoms with Gasteiger partial charge in [-0.05, 0) is 19.8 Å². The fourth-order valence-corrected chi connectivity index (χ4v) is 3.06. The zero-order chi connectivity index (χ0) is 9.90. The molecule has 0 N–H and O–H groups in total. The molecule has 76 valence electrons. The van der Waals surface area contributed by atoms with E-state index in [1.54, 1.807) is 4.31 Å². The van der Waals surface area contributed by atoms with E-state index in [0.717, 1.165) is 12.0 Å². The van der Waals surface area contributed by atoms with E-state index >= 15 is 0 Å². The molecule has 0 saturated carbocycles. The summed E-state index contributed by atoms with van der Waals surface area (Å²) in [5, 5.41) is 0. The van der Waals surface area contributed by atoms with Gasteiger partial charge in [0, 0.05) is 13.1 Å². The van der Waals surface area contributed by atoms with Crippen molar-refractivity contribution in [3.63, 3.8) is 0 Å². The summed E-state index contributed by atoms with van der Waals surface area (Å²) in [6.45, 7) is 5.11. The van der Waals surface area contributed by atoms with Crippen LogP contribution in [-0.2, 0) is 10.0 Å². The first kappa shape index (κ1) is 10.7. The van der Waals surface area contributed by atoms with E-state index in [0.29, 0.717) is 19.5 Å². The van der Waals surface area contributed by atoms with E-state index in [1.807, 2.05) is 13.8 Å². The molecule has 0 spiro atoms. The maximum Gasteiger partial charge on any atom is 0.214 e. The Morgan fingerprint density at radius 2 is 2.23 bits per heavy atom. The highest BCUT2D eigenvalue weighted by Gasteiger charge is 2.22. The topological polar surface area (TPSA) is 37.4 Å². The molecule has 0 fully saturated rings. The second-order valence-electron chi connectivity index (χ2n) is 3.49. The second-order valence-corrected chi connectivity index (χ2v) is 5.58. The van der Waals surface area contributed by atoms with Gasteiger partial charge in [-0.2, -0.15) is 4.31 Å². The molecule has 1 heterocycles. The maximum atomic E-state index is 11.6. The molecule has 0 aromatic heterocycles. The fraction of sp³-hybridized carbons (Fsp3) is 0.778.